The van der Waals surface area contributed by atoms with Gasteiger partial charge in [0.15, 0.2) is 5.69 Å². The Hall–Kier alpha value is -2.60. The SMILES string of the molecule is CCCOc1ccc(CNC(=O)c2nc(-c3cccs3)oc2C)cc1. The van der Waals surface area contributed by atoms with E-state index in [1.165, 1.54) is 11.3 Å². The molecule has 0 saturated carbocycles. The number of carbonyl (C=O) groups excluding carboxylic acids is 1. The maximum atomic E-state index is 12.4. The fraction of sp³-hybridized carbons (Fsp3) is 0.263. The number of oxazole rings is 1. The molecular weight excluding hydrogens is 336 g/mol. The molecule has 0 radical (unpaired) electrons. The molecule has 0 aliphatic heterocycles. The minimum Gasteiger partial charge on any atom is -0.494 e. The normalized spacial score (nSPS) is 10.6. The molecule has 0 unspecified atom stereocenters. The number of amides is 1. The Bertz CT molecular complexity index is 823. The molecule has 1 N–H and O–H groups in total. The molecule has 0 atom stereocenters. The number of aromatic nitrogens is 1. The molecule has 0 aliphatic rings. The van der Waals surface area contributed by atoms with Crippen LogP contribution in [-0.4, -0.2) is 17.5 Å². The number of thiophene rings is 1. The summed E-state index contributed by atoms with van der Waals surface area (Å²) >= 11 is 1.53. The van der Waals surface area contributed by atoms with E-state index in [0.717, 1.165) is 22.6 Å². The number of nitrogens with one attached hydrogen (secondary N) is 1. The Morgan fingerprint density at radius 2 is 2.08 bits per heavy atom. The van der Waals surface area contributed by atoms with Gasteiger partial charge in [-0.15, -0.1) is 11.3 Å². The first-order valence-electron chi connectivity index (χ1n) is 8.18. The molecule has 6 heteroatoms. The highest BCUT2D eigenvalue weighted by atomic mass is 32.1. The van der Waals surface area contributed by atoms with Crippen LogP contribution >= 0.6 is 11.3 Å². The van der Waals surface area contributed by atoms with Crippen molar-refractivity contribution in [3.05, 3.63) is 58.8 Å². The van der Waals surface area contributed by atoms with Crippen molar-refractivity contribution in [2.45, 2.75) is 26.8 Å². The van der Waals surface area contributed by atoms with Crippen molar-refractivity contribution in [3.63, 3.8) is 0 Å². The van der Waals surface area contributed by atoms with Crippen molar-refractivity contribution in [2.75, 3.05) is 6.61 Å². The molecule has 0 bridgehead atoms. The summed E-state index contributed by atoms with van der Waals surface area (Å²) in [6, 6.07) is 11.5. The second-order valence-corrected chi connectivity index (χ2v) is 6.52. The van der Waals surface area contributed by atoms with Crippen molar-refractivity contribution < 1.29 is 13.9 Å². The Labute approximate surface area is 150 Å². The van der Waals surface area contributed by atoms with E-state index in [1.807, 2.05) is 41.8 Å². The summed E-state index contributed by atoms with van der Waals surface area (Å²) in [5.41, 5.74) is 1.32. The van der Waals surface area contributed by atoms with E-state index in [9.17, 15) is 4.79 Å². The number of carbonyl (C=O) groups is 1. The fourth-order valence-corrected chi connectivity index (χ4v) is 2.95. The molecule has 1 amide bonds. The summed E-state index contributed by atoms with van der Waals surface area (Å²) in [7, 11) is 0. The van der Waals surface area contributed by atoms with Crippen molar-refractivity contribution in [2.24, 2.45) is 0 Å². The Morgan fingerprint density at radius 1 is 1.28 bits per heavy atom. The number of benzene rings is 1. The first-order valence-corrected chi connectivity index (χ1v) is 9.06. The lowest BCUT2D eigenvalue weighted by molar-refractivity contribution is 0.0945. The first kappa shape index (κ1) is 17.2. The van der Waals surface area contributed by atoms with E-state index in [0.29, 0.717) is 30.5 Å². The number of hydrogen-bond acceptors (Lipinski definition) is 5. The van der Waals surface area contributed by atoms with Crippen LogP contribution in [0.15, 0.2) is 46.2 Å². The number of ether oxygens (including phenoxy) is 1. The zero-order chi connectivity index (χ0) is 17.6. The van der Waals surface area contributed by atoms with Gasteiger partial charge in [0.1, 0.15) is 11.5 Å². The Balaban J connectivity index is 1.61. The van der Waals surface area contributed by atoms with Gasteiger partial charge in [-0.3, -0.25) is 4.79 Å². The molecular formula is C19H20N2O3S. The summed E-state index contributed by atoms with van der Waals surface area (Å²) < 4.78 is 11.2. The topological polar surface area (TPSA) is 64.4 Å². The smallest absolute Gasteiger partial charge is 0.273 e. The third-order valence-electron chi connectivity index (χ3n) is 3.59. The quantitative estimate of drug-likeness (QED) is 0.680. The zero-order valence-electron chi connectivity index (χ0n) is 14.2. The molecule has 2 heterocycles. The van der Waals surface area contributed by atoms with E-state index in [4.69, 9.17) is 9.15 Å². The molecule has 0 fully saturated rings. The molecule has 2 aromatic heterocycles. The highest BCUT2D eigenvalue weighted by Gasteiger charge is 2.18. The fourth-order valence-electron chi connectivity index (χ4n) is 2.30. The molecule has 0 spiro atoms. The average molecular weight is 356 g/mol. The van der Waals surface area contributed by atoms with Crippen LogP contribution in [0.2, 0.25) is 0 Å². The van der Waals surface area contributed by atoms with E-state index in [1.54, 1.807) is 6.92 Å². The predicted molar refractivity (Wildman–Crippen MR) is 98.0 cm³/mol. The largest absolute Gasteiger partial charge is 0.494 e. The number of aryl methyl sites for hydroxylation is 1. The second kappa shape index (κ2) is 7.98. The lowest BCUT2D eigenvalue weighted by Gasteiger charge is -2.07. The lowest BCUT2D eigenvalue weighted by Crippen LogP contribution is -2.23. The minimum absolute atomic E-state index is 0.240. The maximum Gasteiger partial charge on any atom is 0.273 e. The van der Waals surface area contributed by atoms with Crippen LogP contribution in [0.4, 0.5) is 0 Å². The van der Waals surface area contributed by atoms with Crippen molar-refractivity contribution in [1.82, 2.24) is 10.3 Å². The summed E-state index contributed by atoms with van der Waals surface area (Å²) in [6.45, 7) is 4.94. The van der Waals surface area contributed by atoms with Crippen LogP contribution in [-0.2, 0) is 6.54 Å². The number of rotatable bonds is 7. The molecule has 3 rings (SSSR count). The Kier molecular flexibility index (Phi) is 5.50. The van der Waals surface area contributed by atoms with Crippen LogP contribution in [0.25, 0.3) is 10.8 Å². The third kappa shape index (κ3) is 4.28. The van der Waals surface area contributed by atoms with Gasteiger partial charge in [-0.1, -0.05) is 25.1 Å². The van der Waals surface area contributed by atoms with Crippen molar-refractivity contribution in [3.8, 4) is 16.5 Å². The van der Waals surface area contributed by atoms with Gasteiger partial charge >= 0.3 is 0 Å². The van der Waals surface area contributed by atoms with Crippen LogP contribution in [0.1, 0.15) is 35.2 Å². The maximum absolute atomic E-state index is 12.4. The van der Waals surface area contributed by atoms with Crippen LogP contribution < -0.4 is 10.1 Å². The zero-order valence-corrected chi connectivity index (χ0v) is 15.1. The number of hydrogen-bond donors (Lipinski definition) is 1. The van der Waals surface area contributed by atoms with E-state index in [2.05, 4.69) is 17.2 Å². The monoisotopic (exact) mass is 356 g/mol. The third-order valence-corrected chi connectivity index (χ3v) is 4.45. The van der Waals surface area contributed by atoms with Crippen LogP contribution in [0.3, 0.4) is 0 Å². The van der Waals surface area contributed by atoms with E-state index >= 15 is 0 Å². The van der Waals surface area contributed by atoms with Gasteiger partial charge in [0, 0.05) is 6.54 Å². The molecule has 3 aromatic rings. The summed E-state index contributed by atoms with van der Waals surface area (Å²) in [5.74, 6) is 1.60. The van der Waals surface area contributed by atoms with Gasteiger partial charge < -0.3 is 14.5 Å². The van der Waals surface area contributed by atoms with Gasteiger partial charge in [-0.25, -0.2) is 4.98 Å². The van der Waals surface area contributed by atoms with Crippen molar-refractivity contribution >= 4 is 17.2 Å². The van der Waals surface area contributed by atoms with Gasteiger partial charge in [-0.2, -0.15) is 0 Å². The molecule has 5 nitrogen and oxygen atoms in total. The lowest BCUT2D eigenvalue weighted by atomic mass is 10.2. The van der Waals surface area contributed by atoms with Crippen molar-refractivity contribution in [1.29, 1.82) is 0 Å². The van der Waals surface area contributed by atoms with Crippen LogP contribution in [0, 0.1) is 6.92 Å². The van der Waals surface area contributed by atoms with E-state index < -0.39 is 0 Å². The standard InChI is InChI=1S/C19H20N2O3S/c1-3-10-23-15-8-6-14(7-9-15)12-20-18(22)17-13(2)24-19(21-17)16-5-4-11-25-16/h4-9,11H,3,10,12H2,1-2H3,(H,20,22). The summed E-state index contributed by atoms with van der Waals surface area (Å²) in [6.07, 6.45) is 0.975. The second-order valence-electron chi connectivity index (χ2n) is 5.58. The average Bonchev–Trinajstić information content (AvgIpc) is 3.28. The van der Waals surface area contributed by atoms with Gasteiger partial charge in [0.2, 0.25) is 5.89 Å². The predicted octanol–water partition coefficient (Wildman–Crippen LogP) is 4.43. The molecule has 25 heavy (non-hydrogen) atoms. The molecule has 0 aliphatic carbocycles. The molecule has 1 aromatic carbocycles. The summed E-state index contributed by atoms with van der Waals surface area (Å²) in [4.78, 5) is 17.6. The highest BCUT2D eigenvalue weighted by Crippen LogP contribution is 2.25. The van der Waals surface area contributed by atoms with Gasteiger partial charge in [-0.05, 0) is 42.5 Å². The van der Waals surface area contributed by atoms with Crippen LogP contribution in [0.5, 0.6) is 5.75 Å². The van der Waals surface area contributed by atoms with Gasteiger partial charge in [0.05, 0.1) is 11.5 Å². The Morgan fingerprint density at radius 3 is 2.76 bits per heavy atom. The first-order chi connectivity index (χ1) is 12.2. The summed E-state index contributed by atoms with van der Waals surface area (Å²) in [5, 5.41) is 4.83. The minimum atomic E-state index is -0.240. The molecule has 0 saturated heterocycles. The molecule has 130 valence electrons. The van der Waals surface area contributed by atoms with Gasteiger partial charge in [0.25, 0.3) is 5.91 Å². The number of nitrogens with zero attached hydrogens (tertiary/aromatic N) is 1. The van der Waals surface area contributed by atoms with E-state index in [-0.39, 0.29) is 5.91 Å². The highest BCUT2D eigenvalue weighted by molar-refractivity contribution is 7.13.